The highest BCUT2D eigenvalue weighted by Crippen LogP contribution is 2.24. The molecule has 2 fully saturated rings. The molecule has 2 heterocycles. The molecule has 2 atom stereocenters. The summed E-state index contributed by atoms with van der Waals surface area (Å²) in [6.45, 7) is 2.75. The first-order valence-corrected chi connectivity index (χ1v) is 19.0. The van der Waals surface area contributed by atoms with E-state index in [1.165, 1.54) is 76.3 Å². The molecule has 2 saturated heterocycles. The maximum Gasteiger partial charge on any atom is 0.166 e. The van der Waals surface area contributed by atoms with Crippen LogP contribution in [0.4, 0.5) is 0 Å². The van der Waals surface area contributed by atoms with Gasteiger partial charge in [0.05, 0.1) is 0 Å². The average molecular weight is 525 g/mol. The lowest BCUT2D eigenvalue weighted by Gasteiger charge is -2.32. The summed E-state index contributed by atoms with van der Waals surface area (Å²) in [5, 5.41) is 4.56. The van der Waals surface area contributed by atoms with Crippen LogP contribution in [0.1, 0.15) is 64.2 Å². The van der Waals surface area contributed by atoms with E-state index >= 15 is 0 Å². The molecule has 0 N–H and O–H groups in total. The molecular formula is C22H48N2O4S2Si2. The number of methoxy groups -OCH3 is 2. The van der Waals surface area contributed by atoms with Gasteiger partial charge < -0.3 is 9.47 Å². The van der Waals surface area contributed by atoms with Crippen LogP contribution < -0.4 is 0 Å². The van der Waals surface area contributed by atoms with Crippen molar-refractivity contribution in [3.05, 3.63) is 0 Å². The van der Waals surface area contributed by atoms with Crippen LogP contribution in [-0.4, -0.2) is 92.9 Å². The molecule has 0 aromatic rings. The molecule has 32 heavy (non-hydrogen) atoms. The van der Waals surface area contributed by atoms with Crippen molar-refractivity contribution in [2.24, 2.45) is 0 Å². The molecule has 0 amide bonds. The second kappa shape index (κ2) is 20.1. The van der Waals surface area contributed by atoms with Gasteiger partial charge in [-0.05, 0) is 12.8 Å². The van der Waals surface area contributed by atoms with Gasteiger partial charge in [-0.25, -0.2) is 0 Å². The fourth-order valence-electron chi connectivity index (χ4n) is 4.76. The normalized spacial score (nSPS) is 25.1. The minimum absolute atomic E-state index is 0.0917. The molecule has 10 heteroatoms. The standard InChI is InChI=1S/C22H48N2O4S2Si2/c1-25-19-27-23(21-11-7-3-5-9-17-31-21)13-15-29-30-16-14-24(28-20-26-2)22-12-8-4-6-10-18-32-22/h21-22H,3-20,31-32H2,1-2H3. The topological polar surface area (TPSA) is 43.4 Å². The Morgan fingerprint density at radius 2 is 1.09 bits per heavy atom. The third-order valence-corrected chi connectivity index (χ3v) is 13.7. The van der Waals surface area contributed by atoms with E-state index in [2.05, 4.69) is 10.1 Å². The van der Waals surface area contributed by atoms with Crippen molar-refractivity contribution in [3.8, 4) is 0 Å². The van der Waals surface area contributed by atoms with Gasteiger partial charge >= 0.3 is 0 Å². The number of hydroxylamine groups is 4. The molecule has 0 saturated carbocycles. The first kappa shape index (κ1) is 29.1. The van der Waals surface area contributed by atoms with Gasteiger partial charge in [-0.3, -0.25) is 9.68 Å². The van der Waals surface area contributed by atoms with E-state index in [1.54, 1.807) is 14.2 Å². The Balaban J connectivity index is 1.68. The molecular weight excluding hydrogens is 477 g/mol. The predicted octanol–water partition coefficient (Wildman–Crippen LogP) is 3.80. The Hall–Kier alpha value is 0.894. The summed E-state index contributed by atoms with van der Waals surface area (Å²) in [5.41, 5.74) is 1.36. The van der Waals surface area contributed by atoms with Crippen LogP contribution in [0.25, 0.3) is 0 Å². The molecule has 6 nitrogen and oxygen atoms in total. The van der Waals surface area contributed by atoms with Gasteiger partial charge in [0.1, 0.15) is 0 Å². The van der Waals surface area contributed by atoms with Crippen LogP contribution in [0, 0.1) is 0 Å². The molecule has 0 radical (unpaired) electrons. The predicted molar refractivity (Wildman–Crippen MR) is 145 cm³/mol. The van der Waals surface area contributed by atoms with E-state index in [0.29, 0.717) is 24.9 Å². The maximum atomic E-state index is 6.00. The van der Waals surface area contributed by atoms with Crippen LogP contribution in [0.3, 0.4) is 0 Å². The van der Waals surface area contributed by atoms with Gasteiger partial charge in [0.2, 0.25) is 0 Å². The highest BCUT2D eigenvalue weighted by molar-refractivity contribution is 8.76. The highest BCUT2D eigenvalue weighted by atomic mass is 33.1. The molecule has 0 aromatic heterocycles. The summed E-state index contributed by atoms with van der Waals surface area (Å²) in [7, 11) is 7.20. The zero-order chi connectivity index (χ0) is 22.7. The number of rotatable bonds is 15. The molecule has 0 aromatic carbocycles. The first-order valence-electron chi connectivity index (χ1n) is 12.9. The zero-order valence-corrected chi connectivity index (χ0v) is 25.1. The second-order valence-electron chi connectivity index (χ2n) is 8.99. The van der Waals surface area contributed by atoms with Gasteiger partial charge in [0.25, 0.3) is 0 Å². The molecule has 0 spiro atoms. The highest BCUT2D eigenvalue weighted by Gasteiger charge is 2.22. The van der Waals surface area contributed by atoms with Crippen LogP contribution in [0.5, 0.6) is 0 Å². The lowest BCUT2D eigenvalue weighted by atomic mass is 10.1. The molecule has 0 bridgehead atoms. The number of hydrogen-bond donors (Lipinski definition) is 0. The zero-order valence-electron chi connectivity index (χ0n) is 20.6. The lowest BCUT2D eigenvalue weighted by Crippen LogP contribution is -2.42. The lowest BCUT2D eigenvalue weighted by molar-refractivity contribution is -0.224. The fraction of sp³-hybridized carbons (Fsp3) is 1.00. The fourth-order valence-corrected chi connectivity index (χ4v) is 11.2. The quantitative estimate of drug-likeness (QED) is 0.105. The number of nitrogens with zero attached hydrogens (tertiary/aromatic N) is 2. The van der Waals surface area contributed by atoms with Crippen molar-refractivity contribution >= 4 is 40.6 Å². The summed E-state index contributed by atoms with van der Waals surface area (Å²) in [6, 6.07) is 2.92. The first-order chi connectivity index (χ1) is 15.8. The van der Waals surface area contributed by atoms with E-state index in [9.17, 15) is 0 Å². The monoisotopic (exact) mass is 524 g/mol. The molecule has 0 aliphatic carbocycles. The third-order valence-electron chi connectivity index (χ3n) is 6.51. The summed E-state index contributed by atoms with van der Waals surface area (Å²) < 4.78 is 10.4. The second-order valence-corrected chi connectivity index (χ2v) is 16.2. The van der Waals surface area contributed by atoms with Gasteiger partial charge in [0.15, 0.2) is 13.6 Å². The molecule has 2 aliphatic heterocycles. The molecule has 190 valence electrons. The largest absolute Gasteiger partial charge is 0.357 e. The number of hydrogen-bond acceptors (Lipinski definition) is 8. The average Bonchev–Trinajstić information content (AvgIpc) is 2.75. The van der Waals surface area contributed by atoms with E-state index in [-0.39, 0.29) is 19.0 Å². The van der Waals surface area contributed by atoms with Gasteiger partial charge in [-0.1, -0.05) is 85.0 Å². The van der Waals surface area contributed by atoms with Crippen molar-refractivity contribution in [2.45, 2.75) is 87.6 Å². The smallest absolute Gasteiger partial charge is 0.166 e. The van der Waals surface area contributed by atoms with Crippen LogP contribution in [0.2, 0.25) is 12.1 Å². The number of ether oxygens (including phenoxy) is 2. The van der Waals surface area contributed by atoms with Gasteiger partial charge in [0, 0.05) is 69.2 Å². The molecule has 2 rings (SSSR count). The van der Waals surface area contributed by atoms with Crippen LogP contribution in [-0.2, 0) is 19.1 Å². The van der Waals surface area contributed by atoms with E-state index in [1.807, 2.05) is 21.6 Å². The van der Waals surface area contributed by atoms with E-state index < -0.39 is 0 Å². The van der Waals surface area contributed by atoms with Gasteiger partial charge in [-0.2, -0.15) is 10.1 Å². The van der Waals surface area contributed by atoms with Gasteiger partial charge in [-0.15, -0.1) is 0 Å². The third kappa shape index (κ3) is 13.1. The van der Waals surface area contributed by atoms with Crippen LogP contribution in [0.15, 0.2) is 0 Å². The van der Waals surface area contributed by atoms with Crippen LogP contribution >= 0.6 is 21.6 Å². The Labute approximate surface area is 209 Å². The summed E-state index contributed by atoms with van der Waals surface area (Å²) in [4.78, 5) is 12.0. The minimum Gasteiger partial charge on any atom is -0.357 e. The van der Waals surface area contributed by atoms with E-state index in [0.717, 1.165) is 24.6 Å². The Morgan fingerprint density at radius 1 is 0.656 bits per heavy atom. The molecule has 2 aliphatic rings. The van der Waals surface area contributed by atoms with Crippen molar-refractivity contribution in [1.82, 2.24) is 10.1 Å². The maximum absolute atomic E-state index is 6.00. The minimum atomic E-state index is -0.0917. The SMILES string of the molecule is COCON(CCSSCCN(OCOC)C1CCCCCC[SiH2]1)C1CCCCCC[SiH2]1. The summed E-state index contributed by atoms with van der Waals surface area (Å²) in [6.07, 6.45) is 13.8. The molecule has 2 unspecified atom stereocenters. The summed E-state index contributed by atoms with van der Waals surface area (Å²) >= 11 is 0. The van der Waals surface area contributed by atoms with E-state index in [4.69, 9.17) is 19.1 Å². The van der Waals surface area contributed by atoms with Crippen molar-refractivity contribution < 1.29 is 19.1 Å². The Bertz CT molecular complexity index is 393. The van der Waals surface area contributed by atoms with Crippen molar-refractivity contribution in [2.75, 3.05) is 52.4 Å². The Kier molecular flexibility index (Phi) is 18.3. The summed E-state index contributed by atoms with van der Waals surface area (Å²) in [5.74, 6) is 2.19. The van der Waals surface area contributed by atoms with Crippen molar-refractivity contribution in [1.29, 1.82) is 0 Å². The Morgan fingerprint density at radius 3 is 1.53 bits per heavy atom. The van der Waals surface area contributed by atoms with Crippen molar-refractivity contribution in [3.63, 3.8) is 0 Å².